The Morgan fingerprint density at radius 1 is 0.484 bits per heavy atom. The van der Waals surface area contributed by atoms with Crippen molar-refractivity contribution in [3.8, 4) is 0 Å². The van der Waals surface area contributed by atoms with Crippen LogP contribution in [0.25, 0.3) is 5.73 Å². The van der Waals surface area contributed by atoms with Crippen LogP contribution in [0.4, 0.5) is 0 Å². The summed E-state index contributed by atoms with van der Waals surface area (Å²) < 4.78 is 0.959. The SMILES string of the molecule is CCCCCCCCCCCCCCCCCC[NH-].CCCCCC[N+](C)(C)CCO. The van der Waals surface area contributed by atoms with Crippen LogP contribution in [0.1, 0.15) is 142 Å². The summed E-state index contributed by atoms with van der Waals surface area (Å²) in [6, 6.07) is 0. The molecule has 190 valence electrons. The van der Waals surface area contributed by atoms with Crippen LogP contribution in [-0.4, -0.2) is 49.9 Å². The molecule has 0 aromatic carbocycles. The summed E-state index contributed by atoms with van der Waals surface area (Å²) in [5.41, 5.74) is 7.08. The summed E-state index contributed by atoms with van der Waals surface area (Å²) in [6.45, 7) is 7.52. The monoisotopic (exact) mass is 442 g/mol. The van der Waals surface area contributed by atoms with E-state index >= 15 is 0 Å². The first-order chi connectivity index (χ1) is 15.0. The van der Waals surface area contributed by atoms with Crippen molar-refractivity contribution < 1.29 is 9.59 Å². The van der Waals surface area contributed by atoms with Crippen LogP contribution in [0.5, 0.6) is 0 Å². The molecule has 0 bridgehead atoms. The highest BCUT2D eigenvalue weighted by molar-refractivity contribution is 4.53. The van der Waals surface area contributed by atoms with Gasteiger partial charge in [-0.2, -0.15) is 6.54 Å². The summed E-state index contributed by atoms with van der Waals surface area (Å²) in [5, 5.41) is 8.79. The fraction of sp³-hybridized carbons (Fsp3) is 1.00. The number of nitrogens with one attached hydrogen (secondary N) is 1. The predicted molar refractivity (Wildman–Crippen MR) is 142 cm³/mol. The molecule has 0 radical (unpaired) electrons. The van der Waals surface area contributed by atoms with Crippen LogP contribution >= 0.6 is 0 Å². The van der Waals surface area contributed by atoms with Crippen LogP contribution < -0.4 is 0 Å². The van der Waals surface area contributed by atoms with Crippen molar-refractivity contribution in [1.82, 2.24) is 0 Å². The molecule has 2 N–H and O–H groups in total. The van der Waals surface area contributed by atoms with Crippen molar-refractivity contribution >= 4 is 0 Å². The van der Waals surface area contributed by atoms with Gasteiger partial charge in [0.25, 0.3) is 0 Å². The zero-order valence-corrected chi connectivity index (χ0v) is 22.4. The largest absolute Gasteiger partial charge is 0.677 e. The van der Waals surface area contributed by atoms with Crippen LogP contribution in [0.15, 0.2) is 0 Å². The number of aliphatic hydroxyl groups excluding tert-OH is 1. The maximum atomic E-state index is 8.79. The molecule has 0 spiro atoms. The molecule has 3 nitrogen and oxygen atoms in total. The first-order valence-electron chi connectivity index (χ1n) is 14.1. The molecule has 0 aliphatic rings. The minimum atomic E-state index is 0.306. The zero-order valence-electron chi connectivity index (χ0n) is 22.4. The molecule has 3 heteroatoms. The van der Waals surface area contributed by atoms with Gasteiger partial charge in [0.2, 0.25) is 0 Å². The lowest BCUT2D eigenvalue weighted by Gasteiger charge is -2.28. The highest BCUT2D eigenvalue weighted by Crippen LogP contribution is 2.13. The minimum Gasteiger partial charge on any atom is -0.677 e. The van der Waals surface area contributed by atoms with E-state index in [9.17, 15) is 0 Å². The molecule has 0 saturated carbocycles. The van der Waals surface area contributed by atoms with Gasteiger partial charge in [0.15, 0.2) is 0 Å². The van der Waals surface area contributed by atoms with Crippen LogP contribution in [0, 0.1) is 0 Å². The Bertz CT molecular complexity index is 291. The third kappa shape index (κ3) is 32.1. The predicted octanol–water partition coefficient (Wildman–Crippen LogP) is 8.94. The van der Waals surface area contributed by atoms with E-state index in [-0.39, 0.29) is 0 Å². The lowest BCUT2D eigenvalue weighted by atomic mass is 10.0. The Kier molecular flexibility index (Phi) is 29.8. The third-order valence-corrected chi connectivity index (χ3v) is 6.35. The number of likely N-dealkylation sites (N-methyl/N-ethyl adjacent to an activating group) is 1. The zero-order chi connectivity index (χ0) is 23.5. The highest BCUT2D eigenvalue weighted by Gasteiger charge is 2.12. The summed E-state index contributed by atoms with van der Waals surface area (Å²) in [5.74, 6) is 0. The van der Waals surface area contributed by atoms with Gasteiger partial charge in [0.05, 0.1) is 27.2 Å². The van der Waals surface area contributed by atoms with E-state index in [1.807, 2.05) is 0 Å². The third-order valence-electron chi connectivity index (χ3n) is 6.35. The molecule has 0 atom stereocenters. The Morgan fingerprint density at radius 2 is 0.806 bits per heavy atom. The van der Waals surface area contributed by atoms with Gasteiger partial charge in [-0.15, -0.1) is 0 Å². The van der Waals surface area contributed by atoms with Gasteiger partial charge >= 0.3 is 0 Å². The average molecular weight is 443 g/mol. The van der Waals surface area contributed by atoms with E-state index in [1.165, 1.54) is 129 Å². The number of aliphatic hydroxyl groups is 1. The molecule has 0 saturated heterocycles. The second kappa shape index (κ2) is 27.9. The lowest BCUT2D eigenvalue weighted by molar-refractivity contribution is -0.890. The fourth-order valence-corrected chi connectivity index (χ4v) is 4.02. The molecule has 0 amide bonds. The van der Waals surface area contributed by atoms with Crippen molar-refractivity contribution in [2.24, 2.45) is 0 Å². The van der Waals surface area contributed by atoms with Crippen molar-refractivity contribution in [2.75, 3.05) is 40.3 Å². The number of hydrogen-bond acceptors (Lipinski definition) is 1. The van der Waals surface area contributed by atoms with E-state index in [0.717, 1.165) is 17.4 Å². The molecule has 0 aliphatic heterocycles. The van der Waals surface area contributed by atoms with Gasteiger partial charge in [-0.1, -0.05) is 129 Å². The number of quaternary nitrogens is 1. The van der Waals surface area contributed by atoms with Crippen molar-refractivity contribution in [2.45, 2.75) is 142 Å². The van der Waals surface area contributed by atoms with Gasteiger partial charge < -0.3 is 15.3 Å². The minimum absolute atomic E-state index is 0.306. The molecule has 0 aromatic rings. The van der Waals surface area contributed by atoms with Gasteiger partial charge in [0.1, 0.15) is 6.54 Å². The normalized spacial score (nSPS) is 11.4. The summed E-state index contributed by atoms with van der Waals surface area (Å²) in [7, 11) is 4.37. The van der Waals surface area contributed by atoms with E-state index in [1.54, 1.807) is 0 Å². The smallest absolute Gasteiger partial charge is 0.102 e. The van der Waals surface area contributed by atoms with Crippen LogP contribution in [0.2, 0.25) is 0 Å². The molecule has 31 heavy (non-hydrogen) atoms. The Morgan fingerprint density at radius 3 is 1.13 bits per heavy atom. The highest BCUT2D eigenvalue weighted by atomic mass is 16.3. The molecule has 0 aliphatic carbocycles. The maximum Gasteiger partial charge on any atom is 0.102 e. The Balaban J connectivity index is 0. The molecular formula is C28H62N2O. The first kappa shape index (κ1) is 33.1. The molecule has 0 aromatic heterocycles. The number of hydrogen-bond donors (Lipinski definition) is 1. The van der Waals surface area contributed by atoms with Crippen LogP contribution in [0.3, 0.4) is 0 Å². The molecule has 0 fully saturated rings. The number of rotatable bonds is 23. The standard InChI is InChI=1S/C18H38N.C10H24NO/c1-2-3-4-5-6-7-8-9-10-11-12-13-14-15-16-17-18-19;1-4-5-6-7-8-11(2,3)9-10-12/h19H,2-18H2,1H3;12H,4-10H2,1-3H3/q-1;+1. The Labute approximate surface area is 198 Å². The molecule has 0 rings (SSSR count). The van der Waals surface area contributed by atoms with E-state index in [2.05, 4.69) is 27.9 Å². The molecule has 0 heterocycles. The van der Waals surface area contributed by atoms with Crippen molar-refractivity contribution in [3.05, 3.63) is 5.73 Å². The maximum absolute atomic E-state index is 8.79. The second-order valence-corrected chi connectivity index (χ2v) is 10.2. The fourth-order valence-electron chi connectivity index (χ4n) is 4.02. The quantitative estimate of drug-likeness (QED) is 0.124. The van der Waals surface area contributed by atoms with Crippen molar-refractivity contribution in [1.29, 1.82) is 0 Å². The number of nitrogens with zero attached hydrogens (tertiary/aromatic N) is 1. The van der Waals surface area contributed by atoms with E-state index in [4.69, 9.17) is 10.8 Å². The second-order valence-electron chi connectivity index (χ2n) is 10.2. The summed E-state index contributed by atoms with van der Waals surface area (Å²) in [6.07, 6.45) is 27.8. The van der Waals surface area contributed by atoms with Crippen LogP contribution in [-0.2, 0) is 0 Å². The summed E-state index contributed by atoms with van der Waals surface area (Å²) in [4.78, 5) is 0. The molecule has 0 unspecified atom stereocenters. The van der Waals surface area contributed by atoms with Gasteiger partial charge in [0, 0.05) is 0 Å². The topological polar surface area (TPSA) is 44.0 Å². The summed E-state index contributed by atoms with van der Waals surface area (Å²) >= 11 is 0. The first-order valence-corrected chi connectivity index (χ1v) is 14.1. The number of unbranched alkanes of at least 4 members (excludes halogenated alkanes) is 18. The van der Waals surface area contributed by atoms with E-state index < -0.39 is 0 Å². The van der Waals surface area contributed by atoms with E-state index in [0.29, 0.717) is 13.2 Å². The lowest BCUT2D eigenvalue weighted by Crippen LogP contribution is -2.42. The molecular weight excluding hydrogens is 380 g/mol. The average Bonchev–Trinajstić information content (AvgIpc) is 2.74. The van der Waals surface area contributed by atoms with Gasteiger partial charge in [-0.25, -0.2) is 0 Å². The Hall–Kier alpha value is -0.120. The van der Waals surface area contributed by atoms with Gasteiger partial charge in [-0.3, -0.25) is 0 Å². The van der Waals surface area contributed by atoms with Gasteiger partial charge in [-0.05, 0) is 12.8 Å². The van der Waals surface area contributed by atoms with Crippen molar-refractivity contribution in [3.63, 3.8) is 0 Å².